The van der Waals surface area contributed by atoms with Gasteiger partial charge in [-0.05, 0) is 49.4 Å². The van der Waals surface area contributed by atoms with Gasteiger partial charge in [-0.15, -0.1) is 0 Å². The van der Waals surface area contributed by atoms with Gasteiger partial charge in [0.15, 0.2) is 0 Å². The Morgan fingerprint density at radius 2 is 1.88 bits per heavy atom. The van der Waals surface area contributed by atoms with E-state index in [1.807, 2.05) is 31.2 Å². The van der Waals surface area contributed by atoms with Gasteiger partial charge in [0, 0.05) is 57.4 Å². The standard InChI is InChI=1S/C26H33FN4O2/c1-4-8-23(24(5-2)33-3)30-18-15-29(16-19-30)17-20-31(25-9-6-7-14-28-25)26(32)21-10-12-22(27)13-11-21/h4,6-14H,5,15-20H2,1-3H3/b8-4-,24-23-. The minimum atomic E-state index is -0.361. The van der Waals surface area contributed by atoms with Crippen LogP contribution in [-0.4, -0.2) is 67.1 Å². The first-order chi connectivity index (χ1) is 16.1. The van der Waals surface area contributed by atoms with Crippen LogP contribution in [0, 0.1) is 5.82 Å². The number of hydrogen-bond acceptors (Lipinski definition) is 5. The van der Waals surface area contributed by atoms with Gasteiger partial charge < -0.3 is 9.64 Å². The number of aromatic nitrogens is 1. The van der Waals surface area contributed by atoms with Crippen molar-refractivity contribution in [3.8, 4) is 0 Å². The summed E-state index contributed by atoms with van der Waals surface area (Å²) in [6.07, 6.45) is 6.68. The second-order valence-corrected chi connectivity index (χ2v) is 7.85. The Bertz CT molecular complexity index is 946. The van der Waals surface area contributed by atoms with Gasteiger partial charge in [0.2, 0.25) is 0 Å². The summed E-state index contributed by atoms with van der Waals surface area (Å²) in [4.78, 5) is 24.0. The van der Waals surface area contributed by atoms with Crippen LogP contribution in [0.4, 0.5) is 10.2 Å². The molecular formula is C26H33FN4O2. The van der Waals surface area contributed by atoms with Crippen molar-refractivity contribution >= 4 is 11.7 Å². The summed E-state index contributed by atoms with van der Waals surface area (Å²) in [6.45, 7) is 8.91. The molecule has 0 aliphatic carbocycles. The summed E-state index contributed by atoms with van der Waals surface area (Å²) in [7, 11) is 1.73. The molecule has 33 heavy (non-hydrogen) atoms. The van der Waals surface area contributed by atoms with Crippen LogP contribution in [0.3, 0.4) is 0 Å². The van der Waals surface area contributed by atoms with Crippen molar-refractivity contribution in [2.24, 2.45) is 0 Å². The monoisotopic (exact) mass is 452 g/mol. The van der Waals surface area contributed by atoms with Crippen molar-refractivity contribution in [2.45, 2.75) is 20.3 Å². The van der Waals surface area contributed by atoms with Crippen molar-refractivity contribution in [2.75, 3.05) is 51.3 Å². The van der Waals surface area contributed by atoms with Crippen molar-refractivity contribution in [3.63, 3.8) is 0 Å². The topological polar surface area (TPSA) is 48.9 Å². The molecule has 0 spiro atoms. The average molecular weight is 453 g/mol. The number of benzene rings is 1. The van der Waals surface area contributed by atoms with E-state index < -0.39 is 0 Å². The number of ether oxygens (including phenoxy) is 1. The lowest BCUT2D eigenvalue weighted by Crippen LogP contribution is -2.48. The van der Waals surface area contributed by atoms with E-state index >= 15 is 0 Å². The molecule has 6 nitrogen and oxygen atoms in total. The summed E-state index contributed by atoms with van der Waals surface area (Å²) < 4.78 is 18.9. The number of pyridine rings is 1. The van der Waals surface area contributed by atoms with Gasteiger partial charge in [-0.3, -0.25) is 14.6 Å². The number of carbonyl (C=O) groups excluding carboxylic acids is 1. The van der Waals surface area contributed by atoms with E-state index in [4.69, 9.17) is 4.74 Å². The lowest BCUT2D eigenvalue weighted by atomic mass is 10.2. The molecule has 1 aromatic heterocycles. The smallest absolute Gasteiger partial charge is 0.259 e. The van der Waals surface area contributed by atoms with E-state index in [1.165, 1.54) is 24.3 Å². The maximum Gasteiger partial charge on any atom is 0.259 e. The molecule has 0 N–H and O–H groups in total. The summed E-state index contributed by atoms with van der Waals surface area (Å²) >= 11 is 0. The fourth-order valence-electron chi connectivity index (χ4n) is 4.00. The number of hydrogen-bond donors (Lipinski definition) is 0. The van der Waals surface area contributed by atoms with Crippen LogP contribution in [0.25, 0.3) is 0 Å². The van der Waals surface area contributed by atoms with E-state index in [2.05, 4.69) is 27.8 Å². The molecule has 0 saturated carbocycles. The zero-order valence-corrected chi connectivity index (χ0v) is 19.7. The molecule has 176 valence electrons. The van der Waals surface area contributed by atoms with E-state index in [1.54, 1.807) is 18.2 Å². The Morgan fingerprint density at radius 3 is 2.45 bits per heavy atom. The van der Waals surface area contributed by atoms with Gasteiger partial charge >= 0.3 is 0 Å². The fraction of sp³-hybridized carbons (Fsp3) is 0.385. The summed E-state index contributed by atoms with van der Waals surface area (Å²) in [5, 5.41) is 0. The number of rotatable bonds is 9. The molecule has 2 heterocycles. The highest BCUT2D eigenvalue weighted by molar-refractivity contribution is 6.05. The third-order valence-electron chi connectivity index (χ3n) is 5.79. The molecule has 1 aliphatic rings. The van der Waals surface area contributed by atoms with E-state index in [0.29, 0.717) is 17.9 Å². The molecule has 0 radical (unpaired) electrons. The number of piperazine rings is 1. The number of amides is 1. The minimum Gasteiger partial charge on any atom is -0.499 e. The predicted molar refractivity (Wildman–Crippen MR) is 129 cm³/mol. The summed E-state index contributed by atoms with van der Waals surface area (Å²) in [5.41, 5.74) is 1.59. The van der Waals surface area contributed by atoms with Crippen LogP contribution in [0.15, 0.2) is 72.3 Å². The van der Waals surface area contributed by atoms with Crippen molar-refractivity contribution in [3.05, 3.63) is 83.7 Å². The highest BCUT2D eigenvalue weighted by Gasteiger charge is 2.23. The van der Waals surface area contributed by atoms with Crippen molar-refractivity contribution < 1.29 is 13.9 Å². The molecule has 0 atom stereocenters. The number of nitrogens with zero attached hydrogens (tertiary/aromatic N) is 4. The van der Waals surface area contributed by atoms with Crippen LogP contribution in [-0.2, 0) is 4.74 Å². The number of methoxy groups -OCH3 is 1. The Labute approximate surface area is 196 Å². The zero-order chi connectivity index (χ0) is 23.6. The predicted octanol–water partition coefficient (Wildman–Crippen LogP) is 4.33. The van der Waals surface area contributed by atoms with Crippen molar-refractivity contribution in [1.29, 1.82) is 0 Å². The maximum absolute atomic E-state index is 13.3. The van der Waals surface area contributed by atoms with Crippen LogP contribution in [0.2, 0.25) is 0 Å². The quantitative estimate of drug-likeness (QED) is 0.419. The third-order valence-corrected chi connectivity index (χ3v) is 5.79. The molecule has 7 heteroatoms. The number of anilines is 1. The van der Waals surface area contributed by atoms with Crippen LogP contribution in [0.1, 0.15) is 30.6 Å². The second-order valence-electron chi connectivity index (χ2n) is 7.85. The van der Waals surface area contributed by atoms with Gasteiger partial charge in [0.05, 0.1) is 12.8 Å². The molecule has 1 aromatic carbocycles. The second kappa shape index (κ2) is 12.2. The Morgan fingerprint density at radius 1 is 1.15 bits per heavy atom. The normalized spacial score (nSPS) is 15.5. The lowest BCUT2D eigenvalue weighted by molar-refractivity contribution is 0.0977. The molecule has 2 aromatic rings. The summed E-state index contributed by atoms with van der Waals surface area (Å²) in [5.74, 6) is 1.04. The Hall–Kier alpha value is -3.19. The van der Waals surface area contributed by atoms with Gasteiger partial charge in [-0.2, -0.15) is 0 Å². The number of halogens is 1. The number of carbonyl (C=O) groups is 1. The van der Waals surface area contributed by atoms with E-state index in [-0.39, 0.29) is 11.7 Å². The summed E-state index contributed by atoms with van der Waals surface area (Å²) in [6, 6.07) is 11.2. The molecule has 0 bridgehead atoms. The SMILES string of the molecule is C/C=C\C(=C(/CC)OC)N1CCN(CCN(C(=O)c2ccc(F)cc2)c2ccccn2)CC1. The van der Waals surface area contributed by atoms with Gasteiger partial charge in [-0.25, -0.2) is 9.37 Å². The molecule has 1 saturated heterocycles. The highest BCUT2D eigenvalue weighted by Crippen LogP contribution is 2.19. The zero-order valence-electron chi connectivity index (χ0n) is 19.7. The Kier molecular flexibility index (Phi) is 9.01. The lowest BCUT2D eigenvalue weighted by Gasteiger charge is -2.38. The largest absolute Gasteiger partial charge is 0.499 e. The first-order valence-corrected chi connectivity index (χ1v) is 11.4. The first-order valence-electron chi connectivity index (χ1n) is 11.4. The molecule has 0 unspecified atom stereocenters. The average Bonchev–Trinajstić information content (AvgIpc) is 2.86. The molecule has 1 aliphatic heterocycles. The fourth-order valence-corrected chi connectivity index (χ4v) is 4.00. The van der Waals surface area contributed by atoms with Gasteiger partial charge in [-0.1, -0.05) is 19.1 Å². The first kappa shape index (κ1) is 24.5. The highest BCUT2D eigenvalue weighted by atomic mass is 19.1. The molecule has 1 amide bonds. The maximum atomic E-state index is 13.3. The van der Waals surface area contributed by atoms with Crippen molar-refractivity contribution in [1.82, 2.24) is 14.8 Å². The molecule has 1 fully saturated rings. The van der Waals surface area contributed by atoms with E-state index in [0.717, 1.165) is 50.6 Å². The van der Waals surface area contributed by atoms with Crippen LogP contribution in [0.5, 0.6) is 0 Å². The minimum absolute atomic E-state index is 0.182. The molecule has 3 rings (SSSR count). The molecular weight excluding hydrogens is 419 g/mol. The van der Waals surface area contributed by atoms with Crippen LogP contribution < -0.4 is 4.90 Å². The number of allylic oxidation sites excluding steroid dienone is 3. The van der Waals surface area contributed by atoms with Gasteiger partial charge in [0.25, 0.3) is 5.91 Å². The Balaban J connectivity index is 1.67. The van der Waals surface area contributed by atoms with Gasteiger partial charge in [0.1, 0.15) is 17.4 Å². The third kappa shape index (κ3) is 6.42. The van der Waals surface area contributed by atoms with E-state index in [9.17, 15) is 9.18 Å². The van der Waals surface area contributed by atoms with Crippen LogP contribution >= 0.6 is 0 Å².